The lowest BCUT2D eigenvalue weighted by molar-refractivity contribution is 0.433. The standard InChI is InChI=1S/C13H21FN2O2S/c1-4-9(2)10(3)16-19(17,18)13-7-5-6-12(14)11(13)8-15/h5-7,9-10,16H,4,8,15H2,1-3H3. The number of nitrogens with two attached hydrogens (primary N) is 1. The maximum atomic E-state index is 13.6. The van der Waals surface area contributed by atoms with Gasteiger partial charge in [-0.1, -0.05) is 26.3 Å². The predicted molar refractivity (Wildman–Crippen MR) is 73.5 cm³/mol. The van der Waals surface area contributed by atoms with Crippen molar-refractivity contribution in [1.29, 1.82) is 0 Å². The maximum Gasteiger partial charge on any atom is 0.241 e. The molecule has 3 N–H and O–H groups in total. The van der Waals surface area contributed by atoms with Crippen LogP contribution in [0.5, 0.6) is 0 Å². The second-order valence-corrected chi connectivity index (χ2v) is 6.40. The molecule has 2 unspecified atom stereocenters. The van der Waals surface area contributed by atoms with Crippen LogP contribution in [-0.2, 0) is 16.6 Å². The lowest BCUT2D eigenvalue weighted by Crippen LogP contribution is -2.37. The van der Waals surface area contributed by atoms with Crippen molar-refractivity contribution >= 4 is 10.0 Å². The number of benzene rings is 1. The Morgan fingerprint density at radius 3 is 2.53 bits per heavy atom. The van der Waals surface area contributed by atoms with E-state index in [1.54, 1.807) is 6.92 Å². The fourth-order valence-corrected chi connectivity index (χ4v) is 3.38. The summed E-state index contributed by atoms with van der Waals surface area (Å²) in [5, 5.41) is 0. The number of rotatable bonds is 6. The van der Waals surface area contributed by atoms with Crippen molar-refractivity contribution in [3.05, 3.63) is 29.6 Å². The zero-order chi connectivity index (χ0) is 14.6. The minimum Gasteiger partial charge on any atom is -0.326 e. The van der Waals surface area contributed by atoms with E-state index in [9.17, 15) is 12.8 Å². The quantitative estimate of drug-likeness (QED) is 0.841. The van der Waals surface area contributed by atoms with Crippen LogP contribution in [0.15, 0.2) is 23.1 Å². The number of hydrogen-bond acceptors (Lipinski definition) is 3. The van der Waals surface area contributed by atoms with Crippen LogP contribution in [0.3, 0.4) is 0 Å². The Morgan fingerprint density at radius 1 is 1.37 bits per heavy atom. The van der Waals surface area contributed by atoms with Gasteiger partial charge in [-0.15, -0.1) is 0 Å². The van der Waals surface area contributed by atoms with Crippen LogP contribution in [0, 0.1) is 11.7 Å². The minimum atomic E-state index is -3.75. The number of nitrogens with one attached hydrogen (secondary N) is 1. The molecule has 0 aromatic heterocycles. The Morgan fingerprint density at radius 2 is 2.00 bits per heavy atom. The van der Waals surface area contributed by atoms with Crippen molar-refractivity contribution in [1.82, 2.24) is 4.72 Å². The van der Waals surface area contributed by atoms with E-state index in [-0.39, 0.29) is 29.0 Å². The molecule has 0 amide bonds. The predicted octanol–water partition coefficient (Wildman–Crippen LogP) is 2.00. The first-order valence-corrected chi connectivity index (χ1v) is 7.81. The highest BCUT2D eigenvalue weighted by Crippen LogP contribution is 2.19. The normalized spacial score (nSPS) is 15.2. The lowest BCUT2D eigenvalue weighted by Gasteiger charge is -2.20. The molecule has 19 heavy (non-hydrogen) atoms. The SMILES string of the molecule is CCC(C)C(C)NS(=O)(=O)c1cccc(F)c1CN. The zero-order valence-electron chi connectivity index (χ0n) is 11.5. The average Bonchev–Trinajstić information content (AvgIpc) is 2.36. The summed E-state index contributed by atoms with van der Waals surface area (Å²) in [7, 11) is -3.75. The van der Waals surface area contributed by atoms with E-state index >= 15 is 0 Å². The lowest BCUT2D eigenvalue weighted by atomic mass is 10.0. The van der Waals surface area contributed by atoms with Gasteiger partial charge in [-0.25, -0.2) is 17.5 Å². The van der Waals surface area contributed by atoms with Gasteiger partial charge in [0.25, 0.3) is 0 Å². The molecule has 0 aliphatic carbocycles. The molecule has 1 aromatic rings. The Hall–Kier alpha value is -0.980. The minimum absolute atomic E-state index is 0.0198. The Labute approximate surface area is 114 Å². The molecule has 0 saturated carbocycles. The molecule has 0 fully saturated rings. The molecule has 0 spiro atoms. The first-order chi connectivity index (χ1) is 8.83. The topological polar surface area (TPSA) is 72.2 Å². The van der Waals surface area contributed by atoms with Crippen LogP contribution >= 0.6 is 0 Å². The van der Waals surface area contributed by atoms with Crippen molar-refractivity contribution in [2.75, 3.05) is 0 Å². The Bertz CT molecular complexity index is 531. The van der Waals surface area contributed by atoms with Crippen molar-refractivity contribution < 1.29 is 12.8 Å². The van der Waals surface area contributed by atoms with Gasteiger partial charge in [-0.2, -0.15) is 0 Å². The summed E-state index contributed by atoms with van der Waals surface area (Å²) in [4.78, 5) is -0.0786. The highest BCUT2D eigenvalue weighted by Gasteiger charge is 2.23. The summed E-state index contributed by atoms with van der Waals surface area (Å²) >= 11 is 0. The Kier molecular flexibility index (Phi) is 5.46. The van der Waals surface area contributed by atoms with E-state index in [0.717, 1.165) is 6.42 Å². The van der Waals surface area contributed by atoms with Crippen molar-refractivity contribution in [2.24, 2.45) is 11.7 Å². The van der Waals surface area contributed by atoms with E-state index in [4.69, 9.17) is 5.73 Å². The molecule has 2 atom stereocenters. The van der Waals surface area contributed by atoms with Gasteiger partial charge in [0.1, 0.15) is 5.82 Å². The summed E-state index contributed by atoms with van der Waals surface area (Å²) in [6.07, 6.45) is 0.858. The van der Waals surface area contributed by atoms with Crippen molar-refractivity contribution in [3.63, 3.8) is 0 Å². The average molecular weight is 288 g/mol. The van der Waals surface area contributed by atoms with Gasteiger partial charge < -0.3 is 5.73 Å². The van der Waals surface area contributed by atoms with Gasteiger partial charge in [0.2, 0.25) is 10.0 Å². The second-order valence-electron chi connectivity index (χ2n) is 4.72. The third kappa shape index (κ3) is 3.75. The maximum absolute atomic E-state index is 13.6. The number of sulfonamides is 1. The largest absolute Gasteiger partial charge is 0.326 e. The van der Waals surface area contributed by atoms with E-state index in [1.807, 2.05) is 13.8 Å². The first-order valence-electron chi connectivity index (χ1n) is 6.33. The molecule has 108 valence electrons. The molecule has 0 aliphatic rings. The summed E-state index contributed by atoms with van der Waals surface area (Å²) in [5.74, 6) is -0.397. The smallest absolute Gasteiger partial charge is 0.241 e. The van der Waals surface area contributed by atoms with Gasteiger partial charge in [-0.3, -0.25) is 0 Å². The van der Waals surface area contributed by atoms with Crippen LogP contribution in [-0.4, -0.2) is 14.5 Å². The number of halogens is 1. The van der Waals surface area contributed by atoms with Crippen LogP contribution < -0.4 is 10.5 Å². The highest BCUT2D eigenvalue weighted by molar-refractivity contribution is 7.89. The van der Waals surface area contributed by atoms with Gasteiger partial charge in [0.15, 0.2) is 0 Å². The molecule has 0 heterocycles. The van der Waals surface area contributed by atoms with Gasteiger partial charge >= 0.3 is 0 Å². The number of hydrogen-bond donors (Lipinski definition) is 2. The molecule has 0 saturated heterocycles. The molecule has 0 aliphatic heterocycles. The zero-order valence-corrected chi connectivity index (χ0v) is 12.3. The summed E-state index contributed by atoms with van der Waals surface area (Å²) in [6, 6.07) is 3.73. The molecule has 4 nitrogen and oxygen atoms in total. The van der Waals surface area contributed by atoms with Crippen LogP contribution in [0.25, 0.3) is 0 Å². The third-order valence-corrected chi connectivity index (χ3v) is 5.05. The fourth-order valence-electron chi connectivity index (χ4n) is 1.77. The van der Waals surface area contributed by atoms with Crippen LogP contribution in [0.4, 0.5) is 4.39 Å². The van der Waals surface area contributed by atoms with Gasteiger partial charge in [-0.05, 0) is 25.0 Å². The van der Waals surface area contributed by atoms with Crippen molar-refractivity contribution in [3.8, 4) is 0 Å². The van der Waals surface area contributed by atoms with E-state index < -0.39 is 15.8 Å². The molecular weight excluding hydrogens is 267 g/mol. The molecule has 0 radical (unpaired) electrons. The summed E-state index contributed by atoms with van der Waals surface area (Å²) in [6.45, 7) is 5.60. The van der Waals surface area contributed by atoms with E-state index in [2.05, 4.69) is 4.72 Å². The van der Waals surface area contributed by atoms with Crippen LogP contribution in [0.2, 0.25) is 0 Å². The van der Waals surface area contributed by atoms with Crippen LogP contribution in [0.1, 0.15) is 32.8 Å². The second kappa shape index (κ2) is 6.45. The molecule has 1 aromatic carbocycles. The fraction of sp³-hybridized carbons (Fsp3) is 0.538. The summed E-state index contributed by atoms with van der Waals surface area (Å²) in [5.41, 5.74) is 5.45. The van der Waals surface area contributed by atoms with Crippen molar-refractivity contribution in [2.45, 2.75) is 44.7 Å². The molecule has 1 rings (SSSR count). The Balaban J connectivity index is 3.11. The highest BCUT2D eigenvalue weighted by atomic mass is 32.2. The first kappa shape index (κ1) is 16.1. The van der Waals surface area contributed by atoms with E-state index in [0.29, 0.717) is 0 Å². The molecular formula is C13H21FN2O2S. The monoisotopic (exact) mass is 288 g/mol. The summed E-state index contributed by atoms with van der Waals surface area (Å²) < 4.78 is 40.7. The molecule has 6 heteroatoms. The van der Waals surface area contributed by atoms with Gasteiger partial charge in [0.05, 0.1) is 4.90 Å². The van der Waals surface area contributed by atoms with E-state index in [1.165, 1.54) is 18.2 Å². The molecule has 0 bridgehead atoms. The van der Waals surface area contributed by atoms with Gasteiger partial charge in [0, 0.05) is 18.2 Å². The third-order valence-electron chi connectivity index (χ3n) is 3.41.